The van der Waals surface area contributed by atoms with Gasteiger partial charge in [0, 0.05) is 6.42 Å². The van der Waals surface area contributed by atoms with E-state index in [0.717, 1.165) is 19.3 Å². The fourth-order valence-electron chi connectivity index (χ4n) is 0.803. The molecule has 0 N–H and O–H groups in total. The summed E-state index contributed by atoms with van der Waals surface area (Å²) in [5.74, 6) is 5.70. The van der Waals surface area contributed by atoms with Crippen LogP contribution in [-0.4, -0.2) is 12.6 Å². The van der Waals surface area contributed by atoms with Crippen molar-refractivity contribution in [1.29, 1.82) is 0 Å². The molecule has 0 aliphatic heterocycles. The number of rotatable bonds is 2. The van der Waals surface area contributed by atoms with Crippen LogP contribution in [0.4, 0.5) is 0 Å². The quantitative estimate of drug-likeness (QED) is 0.400. The zero-order chi connectivity index (χ0) is 6.53. The summed E-state index contributed by atoms with van der Waals surface area (Å²) in [5.41, 5.74) is 0. The van der Waals surface area contributed by atoms with E-state index < -0.39 is 0 Å². The van der Waals surface area contributed by atoms with E-state index in [-0.39, 0.29) is 6.10 Å². The van der Waals surface area contributed by atoms with Crippen LogP contribution in [0, 0.1) is 11.8 Å². The molecule has 9 heavy (non-hydrogen) atoms. The topological polar surface area (TPSA) is 26.3 Å². The second-order valence-corrected chi connectivity index (χ2v) is 1.93. The Kier molecular flexibility index (Phi) is 2.14. The Morgan fingerprint density at radius 2 is 2.56 bits per heavy atom. The first-order chi connectivity index (χ1) is 4.43. The maximum Gasteiger partial charge on any atom is 0.294 e. The van der Waals surface area contributed by atoms with Gasteiger partial charge in [0.25, 0.3) is 6.47 Å². The molecule has 1 atom stereocenters. The van der Waals surface area contributed by atoms with E-state index in [1.54, 1.807) is 0 Å². The minimum absolute atomic E-state index is 0.128. The summed E-state index contributed by atoms with van der Waals surface area (Å²) in [4.78, 5) is 9.78. The molecular weight excluding hydrogens is 116 g/mol. The Hall–Kier alpha value is -0.970. The van der Waals surface area contributed by atoms with Gasteiger partial charge >= 0.3 is 0 Å². The monoisotopic (exact) mass is 124 g/mol. The Balaban J connectivity index is 2.37. The number of ether oxygens (including phenoxy) is 1. The SMILES string of the molecule is O=COC1C#CCCC1. The summed E-state index contributed by atoms with van der Waals surface area (Å²) in [6.07, 6.45) is 2.76. The van der Waals surface area contributed by atoms with Crippen molar-refractivity contribution in [3.8, 4) is 11.8 Å². The number of hydrogen-bond acceptors (Lipinski definition) is 2. The normalized spacial score (nSPS) is 23.8. The van der Waals surface area contributed by atoms with Crippen LogP contribution in [0.2, 0.25) is 0 Å². The third kappa shape index (κ3) is 1.77. The van der Waals surface area contributed by atoms with Crippen LogP contribution in [0.25, 0.3) is 0 Å². The third-order valence-electron chi connectivity index (χ3n) is 1.25. The predicted molar refractivity (Wildman–Crippen MR) is 32.6 cm³/mol. The lowest BCUT2D eigenvalue weighted by molar-refractivity contribution is -0.131. The maximum absolute atomic E-state index is 9.78. The summed E-state index contributed by atoms with van der Waals surface area (Å²) in [6, 6.07) is 0. The van der Waals surface area contributed by atoms with E-state index in [0.29, 0.717) is 6.47 Å². The summed E-state index contributed by atoms with van der Waals surface area (Å²) >= 11 is 0. The van der Waals surface area contributed by atoms with Crippen molar-refractivity contribution in [2.75, 3.05) is 0 Å². The standard InChI is InChI=1S/C7H8O2/c8-6-9-7-4-2-1-3-5-7/h6-7H,1-2,4H2. The van der Waals surface area contributed by atoms with Crippen molar-refractivity contribution < 1.29 is 9.53 Å². The van der Waals surface area contributed by atoms with E-state index in [9.17, 15) is 4.79 Å². The van der Waals surface area contributed by atoms with Gasteiger partial charge in [-0.05, 0) is 12.8 Å². The van der Waals surface area contributed by atoms with Crippen LogP contribution in [0.1, 0.15) is 19.3 Å². The van der Waals surface area contributed by atoms with Gasteiger partial charge in [0.2, 0.25) is 0 Å². The van der Waals surface area contributed by atoms with Crippen molar-refractivity contribution >= 4 is 6.47 Å². The van der Waals surface area contributed by atoms with Gasteiger partial charge < -0.3 is 4.74 Å². The van der Waals surface area contributed by atoms with E-state index >= 15 is 0 Å². The highest BCUT2D eigenvalue weighted by Gasteiger charge is 2.06. The van der Waals surface area contributed by atoms with Crippen molar-refractivity contribution in [2.24, 2.45) is 0 Å². The van der Waals surface area contributed by atoms with Gasteiger partial charge in [0.1, 0.15) is 0 Å². The minimum atomic E-state index is -0.128. The van der Waals surface area contributed by atoms with Crippen molar-refractivity contribution in [3.05, 3.63) is 0 Å². The summed E-state index contributed by atoms with van der Waals surface area (Å²) in [6.45, 7) is 0.463. The molecular formula is C7H8O2. The average molecular weight is 124 g/mol. The predicted octanol–water partition coefficient (Wildman–Crippen LogP) is 0.715. The van der Waals surface area contributed by atoms with Gasteiger partial charge in [0.05, 0.1) is 0 Å². The lowest BCUT2D eigenvalue weighted by Crippen LogP contribution is -2.11. The molecule has 0 fully saturated rings. The molecule has 0 saturated heterocycles. The highest BCUT2D eigenvalue weighted by molar-refractivity contribution is 5.38. The van der Waals surface area contributed by atoms with Crippen LogP contribution in [0.3, 0.4) is 0 Å². The Labute approximate surface area is 54.2 Å². The minimum Gasteiger partial charge on any atom is -0.451 e. The van der Waals surface area contributed by atoms with E-state index in [1.165, 1.54) is 0 Å². The Morgan fingerprint density at radius 3 is 3.11 bits per heavy atom. The second kappa shape index (κ2) is 3.13. The van der Waals surface area contributed by atoms with Gasteiger partial charge in [-0.15, -0.1) is 0 Å². The lowest BCUT2D eigenvalue weighted by atomic mass is 10.1. The van der Waals surface area contributed by atoms with Crippen LogP contribution < -0.4 is 0 Å². The molecule has 0 aromatic carbocycles. The molecule has 0 spiro atoms. The molecule has 0 saturated carbocycles. The first-order valence-electron chi connectivity index (χ1n) is 3.01. The first-order valence-corrected chi connectivity index (χ1v) is 3.01. The molecule has 0 radical (unpaired) electrons. The van der Waals surface area contributed by atoms with E-state index in [2.05, 4.69) is 16.6 Å². The second-order valence-electron chi connectivity index (χ2n) is 1.93. The summed E-state index contributed by atoms with van der Waals surface area (Å²) < 4.78 is 4.63. The third-order valence-corrected chi connectivity index (χ3v) is 1.25. The van der Waals surface area contributed by atoms with Gasteiger partial charge in [-0.2, -0.15) is 0 Å². The van der Waals surface area contributed by atoms with Crippen molar-refractivity contribution in [1.82, 2.24) is 0 Å². The fourth-order valence-corrected chi connectivity index (χ4v) is 0.803. The summed E-state index contributed by atoms with van der Waals surface area (Å²) in [7, 11) is 0. The highest BCUT2D eigenvalue weighted by atomic mass is 16.5. The molecule has 0 amide bonds. The summed E-state index contributed by atoms with van der Waals surface area (Å²) in [5, 5.41) is 0. The van der Waals surface area contributed by atoms with Crippen molar-refractivity contribution in [2.45, 2.75) is 25.4 Å². The van der Waals surface area contributed by atoms with Crippen LogP contribution >= 0.6 is 0 Å². The molecule has 0 aromatic rings. The fraction of sp³-hybridized carbons (Fsp3) is 0.571. The maximum atomic E-state index is 9.78. The molecule has 0 bridgehead atoms. The molecule has 2 heteroatoms. The van der Waals surface area contributed by atoms with Crippen molar-refractivity contribution in [3.63, 3.8) is 0 Å². The molecule has 1 aliphatic carbocycles. The zero-order valence-corrected chi connectivity index (χ0v) is 5.09. The zero-order valence-electron chi connectivity index (χ0n) is 5.09. The van der Waals surface area contributed by atoms with Gasteiger partial charge in [0.15, 0.2) is 6.10 Å². The van der Waals surface area contributed by atoms with Gasteiger partial charge in [-0.25, -0.2) is 0 Å². The largest absolute Gasteiger partial charge is 0.451 e. The van der Waals surface area contributed by atoms with Gasteiger partial charge in [-0.3, -0.25) is 4.79 Å². The molecule has 2 nitrogen and oxygen atoms in total. The first kappa shape index (κ1) is 6.15. The molecule has 48 valence electrons. The molecule has 1 aliphatic rings. The average Bonchev–Trinajstić information content (AvgIpc) is 1.91. The smallest absolute Gasteiger partial charge is 0.294 e. The van der Waals surface area contributed by atoms with Crippen LogP contribution in [0.5, 0.6) is 0 Å². The van der Waals surface area contributed by atoms with E-state index in [1.807, 2.05) is 0 Å². The molecule has 1 rings (SSSR count). The van der Waals surface area contributed by atoms with Crippen LogP contribution in [-0.2, 0) is 9.53 Å². The lowest BCUT2D eigenvalue weighted by Gasteiger charge is -2.09. The number of carbonyl (C=O) groups is 1. The highest BCUT2D eigenvalue weighted by Crippen LogP contribution is 2.06. The van der Waals surface area contributed by atoms with E-state index in [4.69, 9.17) is 0 Å². The number of carbonyl (C=O) groups excluding carboxylic acids is 1. The Bertz CT molecular complexity index is 152. The van der Waals surface area contributed by atoms with Crippen LogP contribution in [0.15, 0.2) is 0 Å². The molecule has 1 unspecified atom stereocenters. The Morgan fingerprint density at radius 1 is 1.67 bits per heavy atom. The molecule has 0 heterocycles. The number of hydrogen-bond donors (Lipinski definition) is 0. The van der Waals surface area contributed by atoms with Gasteiger partial charge in [-0.1, -0.05) is 11.8 Å². The molecule has 0 aromatic heterocycles.